The molecule has 144 valence electrons. The van der Waals surface area contributed by atoms with Crippen molar-refractivity contribution in [1.82, 2.24) is 0 Å². The van der Waals surface area contributed by atoms with Gasteiger partial charge in [-0.3, -0.25) is 0 Å². The smallest absolute Gasteiger partial charge is 0.250 e. The van der Waals surface area contributed by atoms with Gasteiger partial charge >= 0.3 is 0 Å². The summed E-state index contributed by atoms with van der Waals surface area (Å²) in [4.78, 5) is 0. The fourth-order valence-corrected chi connectivity index (χ4v) is 5.75. The summed E-state index contributed by atoms with van der Waals surface area (Å²) in [7, 11) is -2.07. The number of hydrogen-bond acceptors (Lipinski definition) is 3. The summed E-state index contributed by atoms with van der Waals surface area (Å²) in [6.07, 6.45) is 2.39. The Bertz CT molecular complexity index is 581. The minimum atomic E-state index is -1.96. The van der Waals surface area contributed by atoms with E-state index in [1.54, 1.807) is 7.11 Å². The van der Waals surface area contributed by atoms with E-state index in [0.717, 1.165) is 22.0 Å². The van der Waals surface area contributed by atoms with Gasteiger partial charge in [0.25, 0.3) is 8.32 Å². The second-order valence-corrected chi connectivity index (χ2v) is 18.6. The molecule has 0 aliphatic rings. The molecule has 3 nitrogen and oxygen atoms in total. The van der Waals surface area contributed by atoms with Gasteiger partial charge in [-0.1, -0.05) is 56.5 Å². The van der Waals surface area contributed by atoms with Gasteiger partial charge in [0.05, 0.1) is 7.11 Å². The number of benzene rings is 1. The lowest BCUT2D eigenvalue weighted by Crippen LogP contribution is -2.44. The van der Waals surface area contributed by atoms with Gasteiger partial charge in [0.2, 0.25) is 14.1 Å². The monoisotopic (exact) mass is 446 g/mol. The Labute approximate surface area is 164 Å². The lowest BCUT2D eigenvalue weighted by molar-refractivity contribution is 0.366. The van der Waals surface area contributed by atoms with Crippen LogP contribution in [0.15, 0.2) is 16.6 Å². The first kappa shape index (κ1) is 22.6. The van der Waals surface area contributed by atoms with Crippen molar-refractivity contribution in [2.75, 3.05) is 7.11 Å². The first-order chi connectivity index (χ1) is 11.3. The topological polar surface area (TPSA) is 27.7 Å². The molecule has 0 spiro atoms. The molecular weight excluding hydrogens is 412 g/mol. The molecule has 0 unspecified atom stereocenters. The zero-order valence-corrected chi connectivity index (χ0v) is 21.0. The molecule has 0 amide bonds. The van der Waals surface area contributed by atoms with E-state index in [0.29, 0.717) is 5.75 Å². The van der Waals surface area contributed by atoms with Gasteiger partial charge in [0, 0.05) is 4.47 Å². The Hall–Kier alpha value is -0.466. The van der Waals surface area contributed by atoms with Crippen LogP contribution in [0.25, 0.3) is 0 Å². The summed E-state index contributed by atoms with van der Waals surface area (Å²) >= 11 is 3.61. The second kappa shape index (κ2) is 8.48. The summed E-state index contributed by atoms with van der Waals surface area (Å²) < 4.78 is 19.7. The second-order valence-electron chi connectivity index (χ2n) is 8.76. The Morgan fingerprint density at radius 2 is 1.52 bits per heavy atom. The Morgan fingerprint density at radius 1 is 1.00 bits per heavy atom. The maximum Gasteiger partial charge on any atom is 0.250 e. The molecule has 25 heavy (non-hydrogen) atoms. The summed E-state index contributed by atoms with van der Waals surface area (Å²) in [5.41, 5.74) is 0. The van der Waals surface area contributed by atoms with Crippen LogP contribution in [0.2, 0.25) is 37.3 Å². The molecule has 0 aliphatic carbocycles. The predicted octanol–water partition coefficient (Wildman–Crippen LogP) is 7.23. The van der Waals surface area contributed by atoms with Crippen molar-refractivity contribution in [3.8, 4) is 17.2 Å². The Kier molecular flexibility index (Phi) is 7.66. The molecule has 0 aliphatic heterocycles. The van der Waals surface area contributed by atoms with E-state index >= 15 is 0 Å². The standard InChI is InChI=1S/C19H35BrO3Si2/c1-10-11-12-24(6,7)22-16-13-15(20)14-17(18(16)21-5)23-25(8,9)19(2,3)4/h13-14H,10-12H2,1-9H3. The molecule has 6 heteroatoms. The minimum absolute atomic E-state index is 0.122. The van der Waals surface area contributed by atoms with Gasteiger partial charge in [0.1, 0.15) is 0 Å². The number of rotatable bonds is 8. The van der Waals surface area contributed by atoms with Gasteiger partial charge < -0.3 is 13.6 Å². The van der Waals surface area contributed by atoms with E-state index < -0.39 is 16.6 Å². The maximum atomic E-state index is 6.52. The Balaban J connectivity index is 3.23. The average molecular weight is 448 g/mol. The molecule has 1 aromatic carbocycles. The van der Waals surface area contributed by atoms with Gasteiger partial charge in [-0.25, -0.2) is 0 Å². The number of hydrogen-bond donors (Lipinski definition) is 0. The van der Waals surface area contributed by atoms with Gasteiger partial charge in [-0.15, -0.1) is 0 Å². The summed E-state index contributed by atoms with van der Waals surface area (Å²) in [5.74, 6) is 2.28. The highest BCUT2D eigenvalue weighted by atomic mass is 79.9. The number of halogens is 1. The summed E-state index contributed by atoms with van der Waals surface area (Å²) in [6.45, 7) is 17.9. The third-order valence-electron chi connectivity index (χ3n) is 4.88. The van der Waals surface area contributed by atoms with Crippen LogP contribution in [0.5, 0.6) is 17.2 Å². The first-order valence-corrected chi connectivity index (χ1v) is 15.9. The molecule has 0 bridgehead atoms. The highest BCUT2D eigenvalue weighted by molar-refractivity contribution is 9.10. The Morgan fingerprint density at radius 3 is 1.96 bits per heavy atom. The maximum absolute atomic E-state index is 6.52. The van der Waals surface area contributed by atoms with Crippen molar-refractivity contribution in [3.05, 3.63) is 16.6 Å². The summed E-state index contributed by atoms with van der Waals surface area (Å²) in [6, 6.07) is 5.13. The van der Waals surface area contributed by atoms with Gasteiger partial charge in [-0.05, 0) is 49.4 Å². The van der Waals surface area contributed by atoms with E-state index in [9.17, 15) is 0 Å². The fraction of sp³-hybridized carbons (Fsp3) is 0.684. The van der Waals surface area contributed by atoms with Crippen LogP contribution in [0.1, 0.15) is 40.5 Å². The molecule has 1 rings (SSSR count). The molecule has 0 fully saturated rings. The predicted molar refractivity (Wildman–Crippen MR) is 116 cm³/mol. The average Bonchev–Trinajstić information content (AvgIpc) is 2.43. The molecule has 0 saturated carbocycles. The van der Waals surface area contributed by atoms with Crippen molar-refractivity contribution < 1.29 is 13.6 Å². The van der Waals surface area contributed by atoms with Gasteiger partial charge in [-0.2, -0.15) is 0 Å². The fourth-order valence-electron chi connectivity index (χ4n) is 2.28. The molecule has 0 N–H and O–H groups in total. The van der Waals surface area contributed by atoms with Crippen LogP contribution in [0, 0.1) is 0 Å². The summed E-state index contributed by atoms with van der Waals surface area (Å²) in [5, 5.41) is 0.122. The van der Waals surface area contributed by atoms with E-state index in [2.05, 4.69) is 69.8 Å². The van der Waals surface area contributed by atoms with E-state index in [4.69, 9.17) is 13.6 Å². The van der Waals surface area contributed by atoms with Crippen molar-refractivity contribution in [1.29, 1.82) is 0 Å². The van der Waals surface area contributed by atoms with Crippen molar-refractivity contribution in [2.24, 2.45) is 0 Å². The molecular formula is C19H35BrO3Si2. The zero-order valence-electron chi connectivity index (χ0n) is 17.4. The van der Waals surface area contributed by atoms with Crippen molar-refractivity contribution in [3.63, 3.8) is 0 Å². The van der Waals surface area contributed by atoms with Crippen LogP contribution in [0.3, 0.4) is 0 Å². The molecule has 0 atom stereocenters. The third kappa shape index (κ3) is 6.33. The first-order valence-electron chi connectivity index (χ1n) is 9.08. The van der Waals surface area contributed by atoms with Crippen molar-refractivity contribution in [2.45, 2.75) is 77.8 Å². The van der Waals surface area contributed by atoms with Crippen LogP contribution in [0.4, 0.5) is 0 Å². The molecule has 0 saturated heterocycles. The quantitative estimate of drug-likeness (QED) is 0.394. The lowest BCUT2D eigenvalue weighted by Gasteiger charge is -2.37. The van der Waals surface area contributed by atoms with Gasteiger partial charge in [0.15, 0.2) is 11.5 Å². The lowest BCUT2D eigenvalue weighted by atomic mass is 10.2. The van der Waals surface area contributed by atoms with Crippen LogP contribution >= 0.6 is 15.9 Å². The van der Waals surface area contributed by atoms with Crippen LogP contribution < -0.4 is 13.6 Å². The largest absolute Gasteiger partial charge is 0.541 e. The van der Waals surface area contributed by atoms with Crippen LogP contribution in [-0.2, 0) is 0 Å². The zero-order chi connectivity index (χ0) is 19.5. The van der Waals surface area contributed by atoms with E-state index in [-0.39, 0.29) is 5.04 Å². The normalized spacial score (nSPS) is 12.9. The SMILES string of the molecule is CCCC[Si](C)(C)Oc1cc(Br)cc(O[Si](C)(C)C(C)(C)C)c1OC. The van der Waals surface area contributed by atoms with E-state index in [1.165, 1.54) is 12.8 Å². The molecule has 1 aromatic rings. The minimum Gasteiger partial charge on any atom is -0.541 e. The molecule has 0 heterocycles. The third-order valence-corrected chi connectivity index (χ3v) is 12.0. The van der Waals surface area contributed by atoms with E-state index in [1.807, 2.05) is 12.1 Å². The van der Waals surface area contributed by atoms with Crippen LogP contribution in [-0.4, -0.2) is 23.7 Å². The number of methoxy groups -OCH3 is 1. The molecule has 0 aromatic heterocycles. The number of unbranched alkanes of at least 4 members (excludes halogenated alkanes) is 1. The highest BCUT2D eigenvalue weighted by Crippen LogP contribution is 2.45. The van der Waals surface area contributed by atoms with Crippen molar-refractivity contribution >= 4 is 32.6 Å². The number of ether oxygens (including phenoxy) is 1. The molecule has 0 radical (unpaired) electrons. The highest BCUT2D eigenvalue weighted by Gasteiger charge is 2.40.